The summed E-state index contributed by atoms with van der Waals surface area (Å²) in [6, 6.07) is 0. The van der Waals surface area contributed by atoms with Crippen molar-refractivity contribution < 1.29 is 0 Å². The van der Waals surface area contributed by atoms with Crippen molar-refractivity contribution in [1.29, 1.82) is 0 Å². The molecule has 0 heterocycles. The van der Waals surface area contributed by atoms with Crippen LogP contribution in [0.4, 0.5) is 0 Å². The van der Waals surface area contributed by atoms with Crippen LogP contribution in [0.5, 0.6) is 0 Å². The van der Waals surface area contributed by atoms with Gasteiger partial charge < -0.3 is 0 Å². The molecule has 0 unspecified atom stereocenters. The van der Waals surface area contributed by atoms with Gasteiger partial charge in [-0.2, -0.15) is 11.5 Å². The van der Waals surface area contributed by atoms with Gasteiger partial charge in [-0.3, -0.25) is 0 Å². The second kappa shape index (κ2) is 5.01. The second-order valence-electron chi connectivity index (χ2n) is 3.65. The molecule has 1 rings (SSSR count). The first-order valence-electron chi connectivity index (χ1n) is 5.17. The zero-order valence-electron chi connectivity index (χ0n) is 8.88. The van der Waals surface area contributed by atoms with Crippen molar-refractivity contribution in [2.24, 2.45) is 0 Å². The molecule has 0 saturated carbocycles. The van der Waals surface area contributed by atoms with E-state index in [1.54, 1.807) is 0 Å². The van der Waals surface area contributed by atoms with Crippen LogP contribution in [0.3, 0.4) is 0 Å². The van der Waals surface area contributed by atoms with Crippen molar-refractivity contribution >= 4 is 6.71 Å². The minimum atomic E-state index is 0.739. The van der Waals surface area contributed by atoms with Crippen molar-refractivity contribution in [3.05, 3.63) is 41.8 Å². The molecule has 0 aromatic heterocycles. The summed E-state index contributed by atoms with van der Waals surface area (Å²) in [6.45, 7) is 7.36. The molecule has 0 atom stereocenters. The van der Waals surface area contributed by atoms with Crippen LogP contribution in [0.1, 0.15) is 20.8 Å². The molecule has 0 radical (unpaired) electrons. The Hall–Kier alpha value is -0.845. The van der Waals surface area contributed by atoms with Gasteiger partial charge in [-0.25, -0.2) is 0 Å². The second-order valence-corrected chi connectivity index (χ2v) is 3.65. The Kier molecular flexibility index (Phi) is 3.94. The molecule has 0 saturated heterocycles. The third-order valence-electron chi connectivity index (χ3n) is 2.55. The van der Waals surface area contributed by atoms with Gasteiger partial charge >= 0.3 is 0 Å². The number of hydrogen-bond acceptors (Lipinski definition) is 0. The summed E-state index contributed by atoms with van der Waals surface area (Å²) in [5.41, 5.74) is 2.70. The normalized spacial score (nSPS) is 18.4. The summed E-state index contributed by atoms with van der Waals surface area (Å²) in [5, 5.41) is 0. The Morgan fingerprint density at radius 2 is 2.00 bits per heavy atom. The van der Waals surface area contributed by atoms with E-state index in [1.165, 1.54) is 23.8 Å². The summed E-state index contributed by atoms with van der Waals surface area (Å²) in [4.78, 5) is 0. The van der Waals surface area contributed by atoms with E-state index in [2.05, 4.69) is 51.4 Å². The molecule has 0 aromatic rings. The van der Waals surface area contributed by atoms with Crippen LogP contribution in [-0.2, 0) is 0 Å². The SMILES string of the molecule is CCB(/C=C1\C=CC(C)=C[CH-]1)CC. The lowest BCUT2D eigenvalue weighted by atomic mass is 9.45. The van der Waals surface area contributed by atoms with Gasteiger partial charge in [0, 0.05) is 0 Å². The van der Waals surface area contributed by atoms with E-state index < -0.39 is 0 Å². The Labute approximate surface area is 82.5 Å². The van der Waals surface area contributed by atoms with Gasteiger partial charge in [0.2, 0.25) is 0 Å². The highest BCUT2D eigenvalue weighted by Gasteiger charge is 2.00. The first-order chi connectivity index (χ1) is 6.26. The van der Waals surface area contributed by atoms with Crippen molar-refractivity contribution in [3.63, 3.8) is 0 Å². The van der Waals surface area contributed by atoms with Crippen molar-refractivity contribution in [2.45, 2.75) is 33.4 Å². The highest BCUT2D eigenvalue weighted by molar-refractivity contribution is 6.64. The Bertz CT molecular complexity index is 242. The smallest absolute Gasteiger partial charge is 0.110 e. The molecule has 1 aliphatic rings. The van der Waals surface area contributed by atoms with Crippen molar-refractivity contribution in [2.75, 3.05) is 0 Å². The standard InChI is InChI=1S/C12H18B/c1-4-13(5-2)10-12-8-6-11(3)7-9-12/h6-10H,4-5H2,1-3H3/q-1. The fourth-order valence-electron chi connectivity index (χ4n) is 1.47. The maximum Gasteiger partial charge on any atom is 0.110 e. The van der Waals surface area contributed by atoms with Crippen LogP contribution in [0, 0.1) is 6.42 Å². The lowest BCUT2D eigenvalue weighted by Crippen LogP contribution is -2.06. The maximum absolute atomic E-state index is 2.37. The zero-order valence-corrected chi connectivity index (χ0v) is 8.88. The Morgan fingerprint density at radius 3 is 2.46 bits per heavy atom. The van der Waals surface area contributed by atoms with Gasteiger partial charge in [0.05, 0.1) is 0 Å². The summed E-state index contributed by atoms with van der Waals surface area (Å²) in [6.07, 6.45) is 11.2. The highest BCUT2D eigenvalue weighted by Crippen LogP contribution is 2.15. The van der Waals surface area contributed by atoms with Crippen LogP contribution >= 0.6 is 0 Å². The van der Waals surface area contributed by atoms with Gasteiger partial charge in [0.15, 0.2) is 0 Å². The van der Waals surface area contributed by atoms with Gasteiger partial charge in [0.1, 0.15) is 6.71 Å². The number of rotatable bonds is 3. The van der Waals surface area contributed by atoms with Crippen LogP contribution in [0.25, 0.3) is 0 Å². The largest absolute Gasteiger partial charge is 0.179 e. The molecule has 0 bridgehead atoms. The summed E-state index contributed by atoms with van der Waals surface area (Å²) >= 11 is 0. The molecule has 1 heteroatoms. The predicted octanol–water partition coefficient (Wildman–Crippen LogP) is 3.71. The number of hydrogen-bond donors (Lipinski definition) is 0. The van der Waals surface area contributed by atoms with Gasteiger partial charge in [-0.1, -0.05) is 33.4 Å². The molecular weight excluding hydrogens is 155 g/mol. The van der Waals surface area contributed by atoms with Crippen molar-refractivity contribution in [3.8, 4) is 0 Å². The molecule has 0 aromatic carbocycles. The zero-order chi connectivity index (χ0) is 9.68. The fourth-order valence-corrected chi connectivity index (χ4v) is 1.47. The third kappa shape index (κ3) is 3.18. The van der Waals surface area contributed by atoms with E-state index in [9.17, 15) is 0 Å². The Balaban J connectivity index is 2.59. The van der Waals surface area contributed by atoms with E-state index >= 15 is 0 Å². The molecule has 0 aliphatic heterocycles. The monoisotopic (exact) mass is 173 g/mol. The first kappa shape index (κ1) is 10.2. The van der Waals surface area contributed by atoms with E-state index in [4.69, 9.17) is 0 Å². The fraction of sp³-hybridized carbons (Fsp3) is 0.417. The summed E-state index contributed by atoms with van der Waals surface area (Å²) in [7, 11) is 0. The minimum Gasteiger partial charge on any atom is -0.179 e. The van der Waals surface area contributed by atoms with Gasteiger partial charge in [0.25, 0.3) is 0 Å². The van der Waals surface area contributed by atoms with E-state index in [0.717, 1.165) is 6.71 Å². The lowest BCUT2D eigenvalue weighted by molar-refractivity contribution is 1.32. The molecule has 70 valence electrons. The molecule has 0 spiro atoms. The van der Waals surface area contributed by atoms with Crippen molar-refractivity contribution in [1.82, 2.24) is 0 Å². The van der Waals surface area contributed by atoms with Crippen LogP contribution in [-0.4, -0.2) is 6.71 Å². The highest BCUT2D eigenvalue weighted by atomic mass is 14.0. The summed E-state index contributed by atoms with van der Waals surface area (Å²) < 4.78 is 0. The quantitative estimate of drug-likeness (QED) is 0.450. The molecule has 0 N–H and O–H groups in total. The van der Waals surface area contributed by atoms with E-state index in [0.29, 0.717) is 0 Å². The van der Waals surface area contributed by atoms with Gasteiger partial charge in [-0.05, 0) is 0 Å². The molecule has 0 fully saturated rings. The minimum absolute atomic E-state index is 0.739. The number of allylic oxidation sites excluding steroid dienone is 5. The van der Waals surface area contributed by atoms with Gasteiger partial charge in [-0.15, -0.1) is 30.2 Å². The third-order valence-corrected chi connectivity index (χ3v) is 2.55. The summed E-state index contributed by atoms with van der Waals surface area (Å²) in [5.74, 6) is 2.37. The lowest BCUT2D eigenvalue weighted by Gasteiger charge is -2.16. The molecule has 13 heavy (non-hydrogen) atoms. The molecule has 0 nitrogen and oxygen atoms in total. The molecule has 1 aliphatic carbocycles. The van der Waals surface area contributed by atoms with Crippen LogP contribution in [0.2, 0.25) is 12.6 Å². The maximum atomic E-state index is 2.37. The first-order valence-corrected chi connectivity index (χ1v) is 5.17. The van der Waals surface area contributed by atoms with Crippen LogP contribution < -0.4 is 0 Å². The van der Waals surface area contributed by atoms with E-state index in [1.807, 2.05) is 0 Å². The topological polar surface area (TPSA) is 0 Å². The predicted molar refractivity (Wildman–Crippen MR) is 62.0 cm³/mol. The average molecular weight is 173 g/mol. The molecule has 0 amide bonds. The average Bonchev–Trinajstić information content (AvgIpc) is 2.17. The Morgan fingerprint density at radius 1 is 1.31 bits per heavy atom. The van der Waals surface area contributed by atoms with E-state index in [-0.39, 0.29) is 0 Å². The van der Waals surface area contributed by atoms with Crippen LogP contribution in [0.15, 0.2) is 35.3 Å². The molecular formula is C12H18B-.